The molecule has 198 valence electrons. The summed E-state index contributed by atoms with van der Waals surface area (Å²) < 4.78 is 6.68. The van der Waals surface area contributed by atoms with Crippen molar-refractivity contribution in [1.82, 2.24) is 30.0 Å². The van der Waals surface area contributed by atoms with Crippen LogP contribution in [-0.4, -0.2) is 95.4 Å². The van der Waals surface area contributed by atoms with E-state index in [1.807, 2.05) is 47.5 Å². The number of ether oxygens (including phenoxy) is 1. The summed E-state index contributed by atoms with van der Waals surface area (Å²) in [5.74, 6) is 1.70. The molecular formula is C29H29N7O2S. The van der Waals surface area contributed by atoms with Crippen molar-refractivity contribution in [3.63, 3.8) is 0 Å². The highest BCUT2D eigenvalue weighted by molar-refractivity contribution is 7.22. The average Bonchev–Trinajstić information content (AvgIpc) is 3.65. The number of hydrogen-bond acceptors (Lipinski definition) is 8. The monoisotopic (exact) mass is 539 g/mol. The van der Waals surface area contributed by atoms with Gasteiger partial charge in [-0.3, -0.25) is 9.89 Å². The number of carbonyl (C=O) groups is 1. The van der Waals surface area contributed by atoms with Crippen LogP contribution in [-0.2, 0) is 4.74 Å². The number of benzene rings is 2. The summed E-state index contributed by atoms with van der Waals surface area (Å²) in [6.45, 7) is 6.23. The number of amides is 1. The fraction of sp³-hybridized carbons (Fsp3) is 0.310. The predicted octanol–water partition coefficient (Wildman–Crippen LogP) is 4.13. The summed E-state index contributed by atoms with van der Waals surface area (Å²) in [6, 6.07) is 16.2. The second-order valence-electron chi connectivity index (χ2n) is 10.1. The van der Waals surface area contributed by atoms with E-state index in [1.165, 1.54) is 0 Å². The molecule has 1 N–H and O–H groups in total. The molecule has 0 aliphatic carbocycles. The third-order valence-corrected chi connectivity index (χ3v) is 8.74. The lowest BCUT2D eigenvalue weighted by atomic mass is 10.1. The second kappa shape index (κ2) is 10.0. The number of rotatable bonds is 4. The van der Waals surface area contributed by atoms with E-state index < -0.39 is 0 Å². The Morgan fingerprint density at radius 3 is 2.64 bits per heavy atom. The van der Waals surface area contributed by atoms with Gasteiger partial charge in [-0.25, -0.2) is 9.97 Å². The van der Waals surface area contributed by atoms with Crippen LogP contribution in [0.25, 0.3) is 42.9 Å². The Morgan fingerprint density at radius 2 is 1.79 bits per heavy atom. The topological polar surface area (TPSA) is 90.5 Å². The number of carbonyl (C=O) groups excluding carboxylic acids is 1. The van der Waals surface area contributed by atoms with Crippen LogP contribution < -0.4 is 4.90 Å². The number of fused-ring (bicyclic) bond motifs is 2. The lowest BCUT2D eigenvalue weighted by molar-refractivity contribution is 0.0664. The van der Waals surface area contributed by atoms with Crippen molar-refractivity contribution in [2.24, 2.45) is 0 Å². The smallest absolute Gasteiger partial charge is 0.253 e. The Balaban J connectivity index is 1.31. The van der Waals surface area contributed by atoms with Gasteiger partial charge in [-0.1, -0.05) is 24.3 Å². The van der Waals surface area contributed by atoms with Crippen LogP contribution in [0.15, 0.2) is 54.7 Å². The molecule has 1 amide bonds. The quantitative estimate of drug-likeness (QED) is 0.367. The molecule has 0 radical (unpaired) electrons. The summed E-state index contributed by atoms with van der Waals surface area (Å²) in [5, 5.41) is 8.27. The minimum atomic E-state index is 0.0929. The molecule has 2 fully saturated rings. The van der Waals surface area contributed by atoms with E-state index in [-0.39, 0.29) is 5.91 Å². The van der Waals surface area contributed by atoms with Crippen LogP contribution in [0.4, 0.5) is 5.82 Å². The van der Waals surface area contributed by atoms with Gasteiger partial charge in [0.15, 0.2) is 11.6 Å². The van der Waals surface area contributed by atoms with Crippen LogP contribution in [0, 0.1) is 0 Å². The number of H-pyrrole nitrogens is 1. The maximum Gasteiger partial charge on any atom is 0.253 e. The van der Waals surface area contributed by atoms with Gasteiger partial charge in [0.2, 0.25) is 0 Å². The van der Waals surface area contributed by atoms with E-state index in [4.69, 9.17) is 14.7 Å². The maximum absolute atomic E-state index is 13.3. The van der Waals surface area contributed by atoms with E-state index in [0.29, 0.717) is 19.0 Å². The van der Waals surface area contributed by atoms with Crippen molar-refractivity contribution in [3.8, 4) is 21.8 Å². The third-order valence-electron chi connectivity index (χ3n) is 7.57. The van der Waals surface area contributed by atoms with Gasteiger partial charge in [0.25, 0.3) is 5.91 Å². The van der Waals surface area contributed by atoms with Crippen molar-refractivity contribution in [3.05, 3.63) is 60.3 Å². The van der Waals surface area contributed by atoms with Crippen molar-refractivity contribution in [2.75, 3.05) is 64.4 Å². The molecule has 3 aromatic heterocycles. The second-order valence-corrected chi connectivity index (χ2v) is 11.2. The normalized spacial score (nSPS) is 16.8. The van der Waals surface area contributed by atoms with Gasteiger partial charge in [0.05, 0.1) is 35.1 Å². The zero-order valence-electron chi connectivity index (χ0n) is 21.8. The van der Waals surface area contributed by atoms with Crippen LogP contribution in [0.3, 0.4) is 0 Å². The summed E-state index contributed by atoms with van der Waals surface area (Å²) in [4.78, 5) is 31.0. The Morgan fingerprint density at radius 1 is 0.974 bits per heavy atom. The van der Waals surface area contributed by atoms with E-state index in [9.17, 15) is 4.79 Å². The first kappa shape index (κ1) is 24.2. The van der Waals surface area contributed by atoms with Gasteiger partial charge in [-0.15, -0.1) is 11.3 Å². The highest BCUT2D eigenvalue weighted by Gasteiger charge is 2.23. The molecule has 0 unspecified atom stereocenters. The molecule has 5 aromatic rings. The zero-order valence-corrected chi connectivity index (χ0v) is 22.6. The number of morpholine rings is 1. The van der Waals surface area contributed by atoms with E-state index >= 15 is 0 Å². The number of nitrogens with one attached hydrogen (secondary N) is 1. The molecule has 0 atom stereocenters. The third kappa shape index (κ3) is 4.54. The minimum Gasteiger partial charge on any atom is -0.378 e. The molecule has 2 aliphatic heterocycles. The van der Waals surface area contributed by atoms with Crippen molar-refractivity contribution in [1.29, 1.82) is 0 Å². The van der Waals surface area contributed by atoms with E-state index in [2.05, 4.69) is 39.2 Å². The first-order valence-electron chi connectivity index (χ1n) is 13.3. The largest absolute Gasteiger partial charge is 0.378 e. The number of piperazine rings is 1. The average molecular weight is 540 g/mol. The Labute approximate surface area is 230 Å². The van der Waals surface area contributed by atoms with Crippen LogP contribution in [0.2, 0.25) is 0 Å². The number of nitrogens with zero attached hydrogens (tertiary/aromatic N) is 6. The molecular weight excluding hydrogens is 510 g/mol. The number of aromatic nitrogens is 4. The number of anilines is 1. The van der Waals surface area contributed by atoms with Gasteiger partial charge < -0.3 is 19.4 Å². The molecule has 2 aromatic carbocycles. The zero-order chi connectivity index (χ0) is 26.3. The molecule has 2 aliphatic rings. The fourth-order valence-corrected chi connectivity index (χ4v) is 6.44. The molecule has 10 heteroatoms. The number of hydrogen-bond donors (Lipinski definition) is 1. The summed E-state index contributed by atoms with van der Waals surface area (Å²) in [7, 11) is 2.10. The van der Waals surface area contributed by atoms with Gasteiger partial charge in [0, 0.05) is 60.7 Å². The molecule has 0 saturated carbocycles. The van der Waals surface area contributed by atoms with Crippen molar-refractivity contribution < 1.29 is 9.53 Å². The minimum absolute atomic E-state index is 0.0929. The molecule has 9 nitrogen and oxygen atoms in total. The van der Waals surface area contributed by atoms with Crippen molar-refractivity contribution >= 4 is 44.2 Å². The number of thiophene rings is 1. The molecule has 39 heavy (non-hydrogen) atoms. The highest BCUT2D eigenvalue weighted by Crippen LogP contribution is 2.39. The lowest BCUT2D eigenvalue weighted by Gasteiger charge is -2.32. The van der Waals surface area contributed by atoms with Crippen LogP contribution in [0.5, 0.6) is 0 Å². The van der Waals surface area contributed by atoms with E-state index in [0.717, 1.165) is 87.8 Å². The van der Waals surface area contributed by atoms with Gasteiger partial charge >= 0.3 is 0 Å². The Hall–Kier alpha value is -3.86. The predicted molar refractivity (Wildman–Crippen MR) is 154 cm³/mol. The number of aromatic amines is 1. The summed E-state index contributed by atoms with van der Waals surface area (Å²) in [5.41, 5.74) is 4.55. The Bertz CT molecular complexity index is 1670. The molecule has 0 spiro atoms. The first-order valence-corrected chi connectivity index (χ1v) is 14.1. The van der Waals surface area contributed by atoms with Crippen molar-refractivity contribution in [2.45, 2.75) is 0 Å². The Kier molecular flexibility index (Phi) is 6.22. The summed E-state index contributed by atoms with van der Waals surface area (Å²) >= 11 is 1.68. The number of likely N-dealkylation sites (N-methyl/N-ethyl adjacent to an activating group) is 1. The first-order chi connectivity index (χ1) is 19.1. The fourth-order valence-electron chi connectivity index (χ4n) is 5.33. The molecule has 0 bridgehead atoms. The SMILES string of the molecule is CN1CCN(C(=O)c2cccc(-c3cc4nc(-c5cccc6[nH]ncc56)nc(N5CCOCC5)c4s3)c2)CC1. The van der Waals surface area contributed by atoms with Gasteiger partial charge in [0.1, 0.15) is 0 Å². The van der Waals surface area contributed by atoms with Crippen LogP contribution >= 0.6 is 11.3 Å². The van der Waals surface area contributed by atoms with Crippen LogP contribution in [0.1, 0.15) is 10.4 Å². The molecule has 2 saturated heterocycles. The maximum atomic E-state index is 13.3. The van der Waals surface area contributed by atoms with Gasteiger partial charge in [-0.05, 0) is 36.9 Å². The highest BCUT2D eigenvalue weighted by atomic mass is 32.1. The van der Waals surface area contributed by atoms with E-state index in [1.54, 1.807) is 11.3 Å². The molecule has 5 heterocycles. The molecule has 7 rings (SSSR count). The summed E-state index contributed by atoms with van der Waals surface area (Å²) in [6.07, 6.45) is 1.83. The standard InChI is InChI=1S/C29H29N7O2S/c1-34-8-10-36(11-9-34)29(37)20-5-2-4-19(16-20)25-17-24-26(39-25)28(35-12-14-38-15-13-35)32-27(31-24)21-6-3-7-23-22(21)18-30-33-23/h2-7,16-18H,8-15H2,1H3,(H,30,33). The van der Waals surface area contributed by atoms with Gasteiger partial charge in [-0.2, -0.15) is 5.10 Å². The lowest BCUT2D eigenvalue weighted by Crippen LogP contribution is -2.47.